The second kappa shape index (κ2) is 7.11. The number of nitrogens with two attached hydrogens (primary N) is 1. The minimum Gasteiger partial charge on any atom is -0.444 e. The number of nitrogens with zero attached hydrogens (tertiary/aromatic N) is 1. The van der Waals surface area contributed by atoms with Crippen molar-refractivity contribution in [2.75, 3.05) is 13.1 Å². The van der Waals surface area contributed by atoms with E-state index in [0.717, 1.165) is 12.8 Å². The molecule has 0 aromatic heterocycles. The number of amides is 2. The van der Waals surface area contributed by atoms with Gasteiger partial charge in [-0.05, 0) is 39.5 Å². The Morgan fingerprint density at radius 2 is 2.00 bits per heavy atom. The Morgan fingerprint density at radius 1 is 1.38 bits per heavy atom. The number of nitrogens with one attached hydrogen (secondary N) is 1. The smallest absolute Gasteiger partial charge is 0.410 e. The fraction of sp³-hybridized carbons (Fsp3) is 0.867. The number of hydrogen-bond donors (Lipinski definition) is 2. The van der Waals surface area contributed by atoms with E-state index in [4.69, 9.17) is 10.5 Å². The molecule has 0 aromatic carbocycles. The largest absolute Gasteiger partial charge is 0.444 e. The van der Waals surface area contributed by atoms with Gasteiger partial charge in [0, 0.05) is 13.1 Å². The van der Waals surface area contributed by atoms with Crippen molar-refractivity contribution in [1.29, 1.82) is 0 Å². The second-order valence-corrected chi connectivity index (χ2v) is 6.98. The highest BCUT2D eigenvalue weighted by molar-refractivity contribution is 5.81. The van der Waals surface area contributed by atoms with Crippen molar-refractivity contribution in [3.05, 3.63) is 0 Å². The van der Waals surface area contributed by atoms with Gasteiger partial charge in [-0.2, -0.15) is 0 Å². The lowest BCUT2D eigenvalue weighted by Crippen LogP contribution is -2.49. The molecule has 0 aromatic rings. The van der Waals surface area contributed by atoms with E-state index in [1.807, 2.05) is 34.6 Å². The van der Waals surface area contributed by atoms with Crippen molar-refractivity contribution < 1.29 is 14.3 Å². The molecule has 1 aliphatic rings. The molecule has 2 atom stereocenters. The van der Waals surface area contributed by atoms with Gasteiger partial charge in [-0.25, -0.2) is 4.79 Å². The van der Waals surface area contributed by atoms with Gasteiger partial charge < -0.3 is 20.7 Å². The first-order valence-corrected chi connectivity index (χ1v) is 7.64. The average Bonchev–Trinajstić information content (AvgIpc) is 2.81. The van der Waals surface area contributed by atoms with Gasteiger partial charge in [-0.15, -0.1) is 0 Å². The van der Waals surface area contributed by atoms with Crippen LogP contribution in [0.25, 0.3) is 0 Å². The van der Waals surface area contributed by atoms with E-state index in [0.29, 0.717) is 13.1 Å². The predicted molar refractivity (Wildman–Crippen MR) is 81.8 cm³/mol. The zero-order valence-electron chi connectivity index (χ0n) is 13.8. The molecular weight excluding hydrogens is 270 g/mol. The molecule has 6 heteroatoms. The molecule has 0 saturated carbocycles. The quantitative estimate of drug-likeness (QED) is 0.823. The molecule has 0 bridgehead atoms. The maximum Gasteiger partial charge on any atom is 0.410 e. The van der Waals surface area contributed by atoms with Crippen LogP contribution >= 0.6 is 0 Å². The lowest BCUT2D eigenvalue weighted by molar-refractivity contribution is -0.123. The highest BCUT2D eigenvalue weighted by atomic mass is 16.6. The summed E-state index contributed by atoms with van der Waals surface area (Å²) in [6, 6.07) is -0.524. The van der Waals surface area contributed by atoms with Crippen molar-refractivity contribution in [2.45, 2.75) is 65.1 Å². The Labute approximate surface area is 127 Å². The van der Waals surface area contributed by atoms with Gasteiger partial charge in [0.2, 0.25) is 5.91 Å². The lowest BCUT2D eigenvalue weighted by atomic mass is 10.0. The molecule has 0 unspecified atom stereocenters. The first-order chi connectivity index (χ1) is 9.61. The Morgan fingerprint density at radius 3 is 2.52 bits per heavy atom. The lowest BCUT2D eigenvalue weighted by Gasteiger charge is -2.29. The minimum absolute atomic E-state index is 0.0110. The van der Waals surface area contributed by atoms with Gasteiger partial charge in [0.15, 0.2) is 0 Å². The average molecular weight is 299 g/mol. The molecule has 0 spiro atoms. The molecule has 21 heavy (non-hydrogen) atoms. The van der Waals surface area contributed by atoms with Crippen molar-refractivity contribution in [2.24, 2.45) is 11.7 Å². The molecule has 6 nitrogen and oxygen atoms in total. The third-order valence-electron chi connectivity index (χ3n) is 3.54. The molecular formula is C15H29N3O3. The molecule has 122 valence electrons. The third kappa shape index (κ3) is 5.53. The van der Waals surface area contributed by atoms with Crippen molar-refractivity contribution in [3.63, 3.8) is 0 Å². The van der Waals surface area contributed by atoms with E-state index >= 15 is 0 Å². The summed E-state index contributed by atoms with van der Waals surface area (Å²) < 4.78 is 5.39. The summed E-state index contributed by atoms with van der Waals surface area (Å²) in [6.07, 6.45) is 1.49. The standard InChI is InChI=1S/C15H29N3O3/c1-10(2)12(16)13(19)17-9-11-7-6-8-18(11)14(20)21-15(3,4)5/h10-12H,6-9,16H2,1-5H3,(H,17,19)/t11-,12-/m0/s1. The molecule has 1 rings (SSSR count). The van der Waals surface area contributed by atoms with Gasteiger partial charge in [0.1, 0.15) is 5.60 Å². The molecule has 0 radical (unpaired) electrons. The summed E-state index contributed by atoms with van der Waals surface area (Å²) in [7, 11) is 0. The Hall–Kier alpha value is -1.30. The number of hydrogen-bond acceptors (Lipinski definition) is 4. The van der Waals surface area contributed by atoms with Gasteiger partial charge in [-0.3, -0.25) is 4.79 Å². The third-order valence-corrected chi connectivity index (χ3v) is 3.54. The SMILES string of the molecule is CC(C)[C@H](N)C(=O)NC[C@@H]1CCCN1C(=O)OC(C)(C)C. The van der Waals surface area contributed by atoms with Crippen LogP contribution in [0.3, 0.4) is 0 Å². The Kier molecular flexibility index (Phi) is 6.01. The molecule has 3 N–H and O–H groups in total. The van der Waals surface area contributed by atoms with Crippen molar-refractivity contribution in [3.8, 4) is 0 Å². The van der Waals surface area contributed by atoms with Crippen LogP contribution < -0.4 is 11.1 Å². The summed E-state index contributed by atoms with van der Waals surface area (Å²) in [5.74, 6) is -0.0726. The Bertz CT molecular complexity index is 377. The Balaban J connectivity index is 2.51. The van der Waals surface area contributed by atoms with Gasteiger partial charge in [0.25, 0.3) is 0 Å². The van der Waals surface area contributed by atoms with Crippen LogP contribution in [0.5, 0.6) is 0 Å². The van der Waals surface area contributed by atoms with E-state index in [2.05, 4.69) is 5.32 Å². The topological polar surface area (TPSA) is 84.7 Å². The number of rotatable bonds is 4. The van der Waals surface area contributed by atoms with Crippen LogP contribution in [-0.4, -0.2) is 47.7 Å². The van der Waals surface area contributed by atoms with Gasteiger partial charge in [-0.1, -0.05) is 13.8 Å². The van der Waals surface area contributed by atoms with E-state index in [1.165, 1.54) is 0 Å². The van der Waals surface area contributed by atoms with Gasteiger partial charge >= 0.3 is 6.09 Å². The minimum atomic E-state index is -0.513. The zero-order valence-corrected chi connectivity index (χ0v) is 13.8. The molecule has 1 fully saturated rings. The molecule has 1 heterocycles. The van der Waals surface area contributed by atoms with E-state index < -0.39 is 11.6 Å². The van der Waals surface area contributed by atoms with Crippen LogP contribution in [0.4, 0.5) is 4.79 Å². The van der Waals surface area contributed by atoms with E-state index in [9.17, 15) is 9.59 Å². The fourth-order valence-electron chi connectivity index (χ4n) is 2.25. The van der Waals surface area contributed by atoms with Crippen LogP contribution in [-0.2, 0) is 9.53 Å². The first-order valence-electron chi connectivity index (χ1n) is 7.64. The maximum absolute atomic E-state index is 12.1. The number of likely N-dealkylation sites (tertiary alicyclic amines) is 1. The first kappa shape index (κ1) is 17.8. The predicted octanol–water partition coefficient (Wildman–Crippen LogP) is 1.49. The maximum atomic E-state index is 12.1. The summed E-state index contributed by atoms with van der Waals surface area (Å²) >= 11 is 0. The normalized spacial score (nSPS) is 20.5. The van der Waals surface area contributed by atoms with Gasteiger partial charge in [0.05, 0.1) is 12.1 Å². The van der Waals surface area contributed by atoms with Crippen LogP contribution in [0, 0.1) is 5.92 Å². The van der Waals surface area contributed by atoms with Crippen LogP contribution in [0.2, 0.25) is 0 Å². The summed E-state index contributed by atoms with van der Waals surface area (Å²) in [4.78, 5) is 25.7. The number of carbonyl (C=O) groups excluding carboxylic acids is 2. The number of carbonyl (C=O) groups is 2. The second-order valence-electron chi connectivity index (χ2n) is 6.98. The summed E-state index contributed by atoms with van der Waals surface area (Å²) in [5, 5.41) is 2.84. The monoisotopic (exact) mass is 299 g/mol. The molecule has 1 aliphatic heterocycles. The van der Waals surface area contributed by atoms with Crippen LogP contribution in [0.15, 0.2) is 0 Å². The number of ether oxygens (including phenoxy) is 1. The van der Waals surface area contributed by atoms with Crippen LogP contribution in [0.1, 0.15) is 47.5 Å². The molecule has 2 amide bonds. The van der Waals surface area contributed by atoms with E-state index in [1.54, 1.807) is 4.90 Å². The highest BCUT2D eigenvalue weighted by Crippen LogP contribution is 2.20. The zero-order chi connectivity index (χ0) is 16.2. The summed E-state index contributed by atoms with van der Waals surface area (Å²) in [6.45, 7) is 10.5. The van der Waals surface area contributed by atoms with E-state index in [-0.39, 0.29) is 24.0 Å². The molecule has 1 saturated heterocycles. The van der Waals surface area contributed by atoms with Crippen molar-refractivity contribution >= 4 is 12.0 Å². The molecule has 0 aliphatic carbocycles. The van der Waals surface area contributed by atoms with Crippen molar-refractivity contribution in [1.82, 2.24) is 10.2 Å². The highest BCUT2D eigenvalue weighted by Gasteiger charge is 2.32. The summed E-state index contributed by atoms with van der Waals surface area (Å²) in [5.41, 5.74) is 5.30. The fourth-order valence-corrected chi connectivity index (χ4v) is 2.25.